The lowest BCUT2D eigenvalue weighted by molar-refractivity contribution is 0.0593. The highest BCUT2D eigenvalue weighted by Crippen LogP contribution is 2.11. The quantitative estimate of drug-likeness (QED) is 0.804. The Morgan fingerprint density at radius 3 is 2.56 bits per heavy atom. The second-order valence-corrected chi connectivity index (χ2v) is 3.73. The van der Waals surface area contributed by atoms with Gasteiger partial charge in [0.15, 0.2) is 0 Å². The lowest BCUT2D eigenvalue weighted by Crippen LogP contribution is -2.07. The predicted octanol–water partition coefficient (Wildman–Crippen LogP) is 1.22. The first-order chi connectivity index (χ1) is 8.60. The molecule has 94 valence electrons. The van der Waals surface area contributed by atoms with Crippen molar-refractivity contribution in [1.29, 1.82) is 0 Å². The van der Waals surface area contributed by atoms with Gasteiger partial charge in [0, 0.05) is 6.42 Å². The molecule has 1 aromatic heterocycles. The second-order valence-electron chi connectivity index (χ2n) is 3.73. The predicted molar refractivity (Wildman–Crippen MR) is 62.0 cm³/mol. The molecule has 0 amide bonds. The molecular weight excluding hydrogens is 239 g/mol. The normalized spacial score (nSPS) is 10.3. The Hall–Kier alpha value is -2.37. The van der Waals surface area contributed by atoms with Gasteiger partial charge in [0.25, 0.3) is 0 Å². The molecule has 18 heavy (non-hydrogen) atoms. The number of methoxy groups -OCH3 is 1. The van der Waals surface area contributed by atoms with Gasteiger partial charge in [-0.1, -0.05) is 12.1 Å². The largest absolute Gasteiger partial charge is 0.464 e. The number of carbonyl (C=O) groups excluding carboxylic acids is 1. The summed E-state index contributed by atoms with van der Waals surface area (Å²) < 4.78 is 17.3. The van der Waals surface area contributed by atoms with Gasteiger partial charge >= 0.3 is 11.7 Å². The third-order valence-corrected chi connectivity index (χ3v) is 2.49. The molecule has 0 fully saturated rings. The molecule has 0 saturated heterocycles. The van der Waals surface area contributed by atoms with Crippen LogP contribution in [0.25, 0.3) is 0 Å². The zero-order chi connectivity index (χ0) is 13.1. The highest BCUT2D eigenvalue weighted by molar-refractivity contribution is 5.88. The maximum Gasteiger partial charge on any atom is 0.356 e. The van der Waals surface area contributed by atoms with E-state index in [1.54, 1.807) is 12.1 Å². The fraction of sp³-hybridized carbons (Fsp3) is 0.167. The van der Waals surface area contributed by atoms with Crippen molar-refractivity contribution in [1.82, 2.24) is 9.97 Å². The van der Waals surface area contributed by atoms with Crippen LogP contribution in [-0.4, -0.2) is 23.0 Å². The third-order valence-electron chi connectivity index (χ3n) is 2.49. The summed E-state index contributed by atoms with van der Waals surface area (Å²) in [6, 6.07) is 5.80. The number of rotatable bonds is 3. The minimum Gasteiger partial charge on any atom is -0.464 e. The molecule has 0 atom stereocenters. The molecule has 0 spiro atoms. The van der Waals surface area contributed by atoms with E-state index in [1.807, 2.05) is 0 Å². The summed E-state index contributed by atoms with van der Waals surface area (Å²) in [6.07, 6.45) is 0.309. The van der Waals surface area contributed by atoms with Crippen LogP contribution in [0.3, 0.4) is 0 Å². The van der Waals surface area contributed by atoms with Gasteiger partial charge in [-0.05, 0) is 17.7 Å². The smallest absolute Gasteiger partial charge is 0.356 e. The van der Waals surface area contributed by atoms with Gasteiger partial charge in [-0.15, -0.1) is 0 Å². The van der Waals surface area contributed by atoms with Gasteiger partial charge in [0.05, 0.1) is 12.8 Å². The number of ether oxygens (including phenoxy) is 1. The fourth-order valence-electron chi connectivity index (χ4n) is 1.64. The number of esters is 1. The molecule has 0 aliphatic carbocycles. The van der Waals surface area contributed by atoms with E-state index in [4.69, 9.17) is 0 Å². The molecule has 1 heterocycles. The molecule has 0 unspecified atom stereocenters. The molecule has 0 bridgehead atoms. The zero-order valence-electron chi connectivity index (χ0n) is 9.62. The Morgan fingerprint density at radius 2 is 1.94 bits per heavy atom. The van der Waals surface area contributed by atoms with E-state index in [2.05, 4.69) is 14.7 Å². The number of imidazole rings is 1. The average Bonchev–Trinajstić information content (AvgIpc) is 2.72. The second kappa shape index (κ2) is 4.87. The summed E-state index contributed by atoms with van der Waals surface area (Å²) in [5.74, 6) is -0.958. The van der Waals surface area contributed by atoms with Gasteiger partial charge in [-0.2, -0.15) is 0 Å². The molecule has 1 aromatic carbocycles. The highest BCUT2D eigenvalue weighted by Gasteiger charge is 2.15. The summed E-state index contributed by atoms with van der Waals surface area (Å²) in [6.45, 7) is 0. The maximum absolute atomic E-state index is 12.8. The molecule has 5 nitrogen and oxygen atoms in total. The molecule has 0 saturated carbocycles. The van der Waals surface area contributed by atoms with Crippen LogP contribution in [0, 0.1) is 5.82 Å². The minimum atomic E-state index is -0.620. The standard InChI is InChI=1S/C12H11FN2O3/c1-18-11(16)10-9(14-12(17)15-10)6-7-2-4-8(13)5-3-7/h2-5H,6H2,1H3,(H2,14,15,17). The Labute approximate surface area is 102 Å². The van der Waals surface area contributed by atoms with Crippen LogP contribution in [-0.2, 0) is 11.2 Å². The number of H-pyrrole nitrogens is 2. The van der Waals surface area contributed by atoms with E-state index in [-0.39, 0.29) is 11.5 Å². The Bertz CT molecular complexity index is 613. The number of benzene rings is 1. The summed E-state index contributed by atoms with van der Waals surface area (Å²) in [4.78, 5) is 27.5. The molecular formula is C12H11FN2O3. The van der Waals surface area contributed by atoms with Crippen molar-refractivity contribution in [2.75, 3.05) is 7.11 Å². The number of aromatic amines is 2. The fourth-order valence-corrected chi connectivity index (χ4v) is 1.64. The third kappa shape index (κ3) is 2.48. The van der Waals surface area contributed by atoms with Gasteiger partial charge < -0.3 is 9.72 Å². The maximum atomic E-state index is 12.8. The van der Waals surface area contributed by atoms with Gasteiger partial charge in [-0.25, -0.2) is 14.0 Å². The topological polar surface area (TPSA) is 75.0 Å². The molecule has 0 aliphatic heterocycles. The molecule has 0 radical (unpaired) electrons. The van der Waals surface area contributed by atoms with Crippen molar-refractivity contribution in [3.8, 4) is 0 Å². The van der Waals surface area contributed by atoms with Crippen molar-refractivity contribution in [3.05, 3.63) is 57.5 Å². The van der Waals surface area contributed by atoms with Crippen molar-refractivity contribution < 1.29 is 13.9 Å². The summed E-state index contributed by atoms with van der Waals surface area (Å²) in [5.41, 5.74) is 0.801. The number of hydrogen-bond donors (Lipinski definition) is 2. The lowest BCUT2D eigenvalue weighted by atomic mass is 10.1. The van der Waals surface area contributed by atoms with Crippen LogP contribution in [0.1, 0.15) is 21.7 Å². The van der Waals surface area contributed by atoms with Crippen molar-refractivity contribution in [3.63, 3.8) is 0 Å². The molecule has 2 aromatic rings. The van der Waals surface area contributed by atoms with Gasteiger partial charge in [0.2, 0.25) is 0 Å². The monoisotopic (exact) mass is 250 g/mol. The van der Waals surface area contributed by atoms with E-state index in [0.29, 0.717) is 12.1 Å². The minimum absolute atomic E-state index is 0.0897. The van der Waals surface area contributed by atoms with Crippen LogP contribution < -0.4 is 5.69 Å². The number of nitrogens with one attached hydrogen (secondary N) is 2. The van der Waals surface area contributed by atoms with Gasteiger partial charge in [-0.3, -0.25) is 4.98 Å². The molecule has 2 rings (SSSR count). The molecule has 0 aliphatic rings. The molecule has 2 N–H and O–H groups in total. The van der Waals surface area contributed by atoms with Crippen molar-refractivity contribution >= 4 is 5.97 Å². The van der Waals surface area contributed by atoms with Crippen molar-refractivity contribution in [2.24, 2.45) is 0 Å². The Balaban J connectivity index is 2.31. The Morgan fingerprint density at radius 1 is 1.28 bits per heavy atom. The van der Waals surface area contributed by atoms with E-state index >= 15 is 0 Å². The number of halogens is 1. The van der Waals surface area contributed by atoms with Crippen molar-refractivity contribution in [2.45, 2.75) is 6.42 Å². The summed E-state index contributed by atoms with van der Waals surface area (Å²) >= 11 is 0. The van der Waals surface area contributed by atoms with Crippen LogP contribution in [0.2, 0.25) is 0 Å². The van der Waals surface area contributed by atoms with E-state index < -0.39 is 11.7 Å². The number of carbonyl (C=O) groups is 1. The van der Waals surface area contributed by atoms with Gasteiger partial charge in [0.1, 0.15) is 11.5 Å². The number of aromatic nitrogens is 2. The van der Waals surface area contributed by atoms with Crippen LogP contribution in [0.4, 0.5) is 4.39 Å². The Kier molecular flexibility index (Phi) is 3.27. The first kappa shape index (κ1) is 12.1. The highest BCUT2D eigenvalue weighted by atomic mass is 19.1. The zero-order valence-corrected chi connectivity index (χ0v) is 9.62. The van der Waals surface area contributed by atoms with E-state index in [0.717, 1.165) is 5.56 Å². The van der Waals surface area contributed by atoms with Crippen LogP contribution in [0.15, 0.2) is 29.1 Å². The van der Waals surface area contributed by atoms with Crippen LogP contribution in [0.5, 0.6) is 0 Å². The number of hydrogen-bond acceptors (Lipinski definition) is 3. The first-order valence-electron chi connectivity index (χ1n) is 5.24. The van der Waals surface area contributed by atoms with Crippen LogP contribution >= 0.6 is 0 Å². The van der Waals surface area contributed by atoms with E-state index in [9.17, 15) is 14.0 Å². The first-order valence-corrected chi connectivity index (χ1v) is 5.24. The SMILES string of the molecule is COC(=O)c1[nH]c(=O)[nH]c1Cc1ccc(F)cc1. The average molecular weight is 250 g/mol. The van der Waals surface area contributed by atoms with E-state index in [1.165, 1.54) is 19.2 Å². The lowest BCUT2D eigenvalue weighted by Gasteiger charge is -2.02. The molecule has 6 heteroatoms. The summed E-state index contributed by atoms with van der Waals surface area (Å²) in [7, 11) is 1.23. The summed E-state index contributed by atoms with van der Waals surface area (Å²) in [5, 5.41) is 0.